The van der Waals surface area contributed by atoms with Crippen molar-refractivity contribution in [3.8, 4) is 0 Å². The summed E-state index contributed by atoms with van der Waals surface area (Å²) in [5.74, 6) is 0. The van der Waals surface area contributed by atoms with Crippen molar-refractivity contribution in [2.75, 3.05) is 0 Å². The van der Waals surface area contributed by atoms with Crippen LogP contribution in [-0.4, -0.2) is 14.1 Å². The third-order valence-electron chi connectivity index (χ3n) is 1.03. The van der Waals surface area contributed by atoms with Crippen molar-refractivity contribution in [3.05, 3.63) is 11.7 Å². The highest BCUT2D eigenvalue weighted by molar-refractivity contribution is 6.22. The molecule has 2 heteroatoms. The van der Waals surface area contributed by atoms with Crippen LogP contribution in [0.15, 0.2) is 16.7 Å². The largest absolute Gasteiger partial charge is 0.277 e. The fourth-order valence-corrected chi connectivity index (χ4v) is 0.628. The van der Waals surface area contributed by atoms with Crippen LogP contribution in [-0.2, 0) is 0 Å². The first-order valence-electron chi connectivity index (χ1n) is 2.59. The Balaban J connectivity index is 2.58. The van der Waals surface area contributed by atoms with Gasteiger partial charge in [-0.05, 0) is 18.4 Å². The zero-order valence-corrected chi connectivity index (χ0v) is 4.52. The van der Waals surface area contributed by atoms with Crippen molar-refractivity contribution in [2.24, 2.45) is 4.99 Å². The molecule has 0 saturated heterocycles. The van der Waals surface area contributed by atoms with Gasteiger partial charge in [0, 0.05) is 6.21 Å². The molecule has 1 rings (SSSR count). The zero-order chi connectivity index (χ0) is 5.11. The highest BCUT2D eigenvalue weighted by atomic mass is 14.7. The Kier molecular flexibility index (Phi) is 1.30. The second-order valence-electron chi connectivity index (χ2n) is 1.73. The molecule has 0 spiro atoms. The second kappa shape index (κ2) is 1.96. The minimum Gasteiger partial charge on any atom is -0.277 e. The van der Waals surface area contributed by atoms with Crippen molar-refractivity contribution >= 4 is 14.1 Å². The van der Waals surface area contributed by atoms with Gasteiger partial charge in [-0.2, -0.15) is 0 Å². The molecule has 1 nitrogen and oxygen atoms in total. The quantitative estimate of drug-likeness (QED) is 0.382. The van der Waals surface area contributed by atoms with Gasteiger partial charge in [0.25, 0.3) is 0 Å². The van der Waals surface area contributed by atoms with Crippen LogP contribution >= 0.6 is 0 Å². The summed E-state index contributed by atoms with van der Waals surface area (Å²) in [6.45, 7) is 0. The fraction of sp³-hybridized carbons (Fsp3) is 0.400. The van der Waals surface area contributed by atoms with Crippen molar-refractivity contribution < 1.29 is 0 Å². The Hall–Kier alpha value is -0.525. The molecule has 0 atom stereocenters. The molecule has 1 aliphatic heterocycles. The minimum atomic E-state index is 1.12. The number of hydrogen-bond donors (Lipinski definition) is 0. The van der Waals surface area contributed by atoms with E-state index in [1.165, 1.54) is 6.42 Å². The monoisotopic (exact) mass is 93.1 g/mol. The van der Waals surface area contributed by atoms with E-state index < -0.39 is 0 Å². The van der Waals surface area contributed by atoms with Crippen LogP contribution in [0, 0.1) is 0 Å². The van der Waals surface area contributed by atoms with Gasteiger partial charge in [0.2, 0.25) is 0 Å². The molecular weight excluding hydrogens is 84.9 g/mol. The molecule has 0 aromatic rings. The summed E-state index contributed by atoms with van der Waals surface area (Å²) in [5, 5.41) is 0. The van der Waals surface area contributed by atoms with Gasteiger partial charge in [0.15, 0.2) is 7.85 Å². The first-order valence-corrected chi connectivity index (χ1v) is 2.59. The summed E-state index contributed by atoms with van der Waals surface area (Å²) in [5.41, 5.74) is 1.16. The summed E-state index contributed by atoms with van der Waals surface area (Å²) in [4.78, 5) is 4.07. The molecule has 0 aromatic heterocycles. The molecule has 0 bridgehead atoms. The number of aliphatic imine (C=N–C) groups is 1. The lowest BCUT2D eigenvalue weighted by Crippen LogP contribution is -1.85. The molecule has 0 aliphatic carbocycles. The molecule has 0 radical (unpaired) electrons. The first kappa shape index (κ1) is 4.63. The van der Waals surface area contributed by atoms with Gasteiger partial charge < -0.3 is 0 Å². The first-order chi connectivity index (χ1) is 3.39. The van der Waals surface area contributed by atoms with Gasteiger partial charge in [-0.3, -0.25) is 4.99 Å². The third kappa shape index (κ3) is 1.18. The number of hydrogen-bond acceptors (Lipinski definition) is 1. The van der Waals surface area contributed by atoms with E-state index in [-0.39, 0.29) is 0 Å². The van der Waals surface area contributed by atoms with Crippen molar-refractivity contribution in [1.29, 1.82) is 0 Å². The van der Waals surface area contributed by atoms with Crippen molar-refractivity contribution in [1.82, 2.24) is 0 Å². The SMILES string of the molecule is BC1=CCCC=N1. The summed E-state index contributed by atoms with van der Waals surface area (Å²) in [6, 6.07) is 0. The molecule has 7 heavy (non-hydrogen) atoms. The van der Waals surface area contributed by atoms with Gasteiger partial charge in [-0.25, -0.2) is 0 Å². The fourth-order valence-electron chi connectivity index (χ4n) is 0.628. The lowest BCUT2D eigenvalue weighted by molar-refractivity contribution is 1.08. The summed E-state index contributed by atoms with van der Waals surface area (Å²) >= 11 is 0. The topological polar surface area (TPSA) is 12.4 Å². The smallest absolute Gasteiger partial charge is 0.163 e. The normalized spacial score (nSPS) is 19.1. The zero-order valence-electron chi connectivity index (χ0n) is 4.52. The number of rotatable bonds is 0. The van der Waals surface area contributed by atoms with Crippen molar-refractivity contribution in [3.63, 3.8) is 0 Å². The summed E-state index contributed by atoms with van der Waals surface area (Å²) < 4.78 is 0. The maximum atomic E-state index is 4.07. The predicted octanol–water partition coefficient (Wildman–Crippen LogP) is 0.326. The van der Waals surface area contributed by atoms with E-state index in [4.69, 9.17) is 0 Å². The van der Waals surface area contributed by atoms with E-state index in [0.717, 1.165) is 12.0 Å². The minimum absolute atomic E-state index is 1.12. The van der Waals surface area contributed by atoms with Crippen molar-refractivity contribution in [2.45, 2.75) is 12.8 Å². The van der Waals surface area contributed by atoms with Crippen LogP contribution in [0.5, 0.6) is 0 Å². The molecule has 1 aliphatic rings. The van der Waals surface area contributed by atoms with E-state index in [2.05, 4.69) is 11.1 Å². The van der Waals surface area contributed by atoms with Gasteiger partial charge >= 0.3 is 0 Å². The van der Waals surface area contributed by atoms with Gasteiger partial charge in [-0.1, -0.05) is 6.08 Å². The Morgan fingerprint density at radius 2 is 2.43 bits per heavy atom. The standard InChI is InChI=1S/C5H8BN/c6-5-3-1-2-4-7-5/h3-4H,1-2,6H2. The average molecular weight is 92.9 g/mol. The maximum absolute atomic E-state index is 4.07. The van der Waals surface area contributed by atoms with E-state index in [1.54, 1.807) is 0 Å². The molecule has 0 N–H and O–H groups in total. The van der Waals surface area contributed by atoms with Crippen LogP contribution in [0.1, 0.15) is 12.8 Å². The third-order valence-corrected chi connectivity index (χ3v) is 1.03. The van der Waals surface area contributed by atoms with Crippen LogP contribution in [0.3, 0.4) is 0 Å². The van der Waals surface area contributed by atoms with Gasteiger partial charge in [0.05, 0.1) is 0 Å². The highest BCUT2D eigenvalue weighted by Gasteiger charge is 1.87. The van der Waals surface area contributed by atoms with Crippen LogP contribution in [0.25, 0.3) is 0 Å². The summed E-state index contributed by atoms with van der Waals surface area (Å²) in [6.07, 6.45) is 6.42. The average Bonchev–Trinajstić information content (AvgIpc) is 1.69. The Morgan fingerprint density at radius 1 is 1.57 bits per heavy atom. The molecule has 0 unspecified atom stereocenters. The number of allylic oxidation sites excluding steroid dienone is 1. The van der Waals surface area contributed by atoms with E-state index in [0.29, 0.717) is 0 Å². The molecule has 0 saturated carbocycles. The van der Waals surface area contributed by atoms with Gasteiger partial charge in [0.1, 0.15) is 0 Å². The van der Waals surface area contributed by atoms with Crippen LogP contribution in [0.4, 0.5) is 0 Å². The Bertz CT molecular complexity index is 115. The lowest BCUT2D eigenvalue weighted by atomic mass is 10.0. The molecular formula is C5H8BN. The van der Waals surface area contributed by atoms with Gasteiger partial charge in [-0.15, -0.1) is 0 Å². The van der Waals surface area contributed by atoms with E-state index in [9.17, 15) is 0 Å². The van der Waals surface area contributed by atoms with E-state index in [1.807, 2.05) is 14.1 Å². The number of nitrogens with zero attached hydrogens (tertiary/aromatic N) is 1. The lowest BCUT2D eigenvalue weighted by Gasteiger charge is -1.96. The molecule has 0 amide bonds. The van der Waals surface area contributed by atoms with Crippen LogP contribution in [0.2, 0.25) is 0 Å². The second-order valence-corrected chi connectivity index (χ2v) is 1.73. The summed E-state index contributed by atoms with van der Waals surface area (Å²) in [7, 11) is 2.02. The van der Waals surface area contributed by atoms with Crippen LogP contribution < -0.4 is 0 Å². The Morgan fingerprint density at radius 3 is 2.71 bits per heavy atom. The molecule has 0 aromatic carbocycles. The molecule has 0 fully saturated rings. The highest BCUT2D eigenvalue weighted by Crippen LogP contribution is 2.00. The molecule has 1 heterocycles. The van der Waals surface area contributed by atoms with E-state index >= 15 is 0 Å². The molecule has 36 valence electrons. The maximum Gasteiger partial charge on any atom is 0.163 e. The Labute approximate surface area is 44.6 Å². The predicted molar refractivity (Wildman–Crippen MR) is 34.4 cm³/mol.